The van der Waals surface area contributed by atoms with E-state index in [1.807, 2.05) is 27.8 Å². The third kappa shape index (κ3) is 4.31. The summed E-state index contributed by atoms with van der Waals surface area (Å²) in [5.41, 5.74) is 3.26. The number of aryl methyl sites for hydroxylation is 2. The van der Waals surface area contributed by atoms with Crippen LogP contribution in [0.3, 0.4) is 0 Å². The van der Waals surface area contributed by atoms with E-state index in [1.165, 1.54) is 24.3 Å². The fraction of sp³-hybridized carbons (Fsp3) is 0.444. The summed E-state index contributed by atoms with van der Waals surface area (Å²) in [6.07, 6.45) is 0. The van der Waals surface area contributed by atoms with E-state index < -0.39 is 10.0 Å². The van der Waals surface area contributed by atoms with Crippen molar-refractivity contribution < 1.29 is 13.2 Å². The number of hydrogen-bond acceptors (Lipinski definition) is 4. The van der Waals surface area contributed by atoms with Gasteiger partial charge in [-0.3, -0.25) is 9.48 Å². The van der Waals surface area contributed by atoms with E-state index >= 15 is 0 Å². The molecule has 1 aromatic heterocycles. The molecule has 8 heteroatoms. The van der Waals surface area contributed by atoms with Crippen LogP contribution in [0.4, 0.5) is 0 Å². The zero-order chi connectivity index (χ0) is 19.6. The third-order valence-corrected chi connectivity index (χ3v) is 5.84. The summed E-state index contributed by atoms with van der Waals surface area (Å²) in [6.45, 7) is 9.28. The molecule has 7 nitrogen and oxygen atoms in total. The first kappa shape index (κ1) is 20.1. The maximum absolute atomic E-state index is 12.5. The Hall–Kier alpha value is -2.19. The molecule has 1 heterocycles. The SMILES string of the molecule is Cc1nn(C)c(C)c1[C@@H](C)NC(=O)c1ccc(S(=O)(=O)NC(C)C)cc1. The lowest BCUT2D eigenvalue weighted by atomic mass is 10.1. The Kier molecular flexibility index (Phi) is 5.87. The van der Waals surface area contributed by atoms with Gasteiger partial charge in [0, 0.05) is 29.9 Å². The van der Waals surface area contributed by atoms with Crippen LogP contribution in [0.15, 0.2) is 29.2 Å². The van der Waals surface area contributed by atoms with Crippen molar-refractivity contribution in [3.05, 3.63) is 46.8 Å². The summed E-state index contributed by atoms with van der Waals surface area (Å²) < 4.78 is 28.6. The molecule has 2 N–H and O–H groups in total. The molecule has 0 radical (unpaired) electrons. The predicted octanol–water partition coefficient (Wildman–Crippen LogP) is 2.21. The lowest BCUT2D eigenvalue weighted by Gasteiger charge is -2.15. The number of carbonyl (C=O) groups excluding carboxylic acids is 1. The fourth-order valence-electron chi connectivity index (χ4n) is 2.93. The molecule has 0 aliphatic heterocycles. The summed E-state index contributed by atoms with van der Waals surface area (Å²) in [4.78, 5) is 12.6. The Morgan fingerprint density at radius 3 is 2.15 bits per heavy atom. The molecule has 0 saturated heterocycles. The minimum atomic E-state index is -3.57. The summed E-state index contributed by atoms with van der Waals surface area (Å²) >= 11 is 0. The maximum atomic E-state index is 12.5. The standard InChI is InChI=1S/C18H26N4O3S/c1-11(2)21-26(24,25)16-9-7-15(8-10-16)18(23)19-12(3)17-13(4)20-22(6)14(17)5/h7-12,21H,1-6H3,(H,19,23)/t12-/m1/s1. The molecule has 0 spiro atoms. The van der Waals surface area contributed by atoms with Crippen LogP contribution >= 0.6 is 0 Å². The molecule has 2 rings (SSSR count). The highest BCUT2D eigenvalue weighted by Gasteiger charge is 2.20. The first-order valence-corrected chi connectivity index (χ1v) is 9.94. The Bertz CT molecular complexity index is 899. The van der Waals surface area contributed by atoms with Crippen LogP contribution in [0.1, 0.15) is 54.1 Å². The highest BCUT2D eigenvalue weighted by molar-refractivity contribution is 7.89. The predicted molar refractivity (Wildman–Crippen MR) is 100 cm³/mol. The third-order valence-electron chi connectivity index (χ3n) is 4.16. The topological polar surface area (TPSA) is 93.1 Å². The molecule has 0 aliphatic rings. The number of sulfonamides is 1. The van der Waals surface area contributed by atoms with Gasteiger partial charge in [0.25, 0.3) is 5.91 Å². The molecule has 1 amide bonds. The van der Waals surface area contributed by atoms with Crippen molar-refractivity contribution >= 4 is 15.9 Å². The maximum Gasteiger partial charge on any atom is 0.251 e. The van der Waals surface area contributed by atoms with Crippen molar-refractivity contribution in [3.8, 4) is 0 Å². The van der Waals surface area contributed by atoms with Crippen LogP contribution < -0.4 is 10.0 Å². The van der Waals surface area contributed by atoms with Crippen LogP contribution in [0, 0.1) is 13.8 Å². The average Bonchev–Trinajstić information content (AvgIpc) is 2.78. The number of benzene rings is 1. The molecule has 142 valence electrons. The zero-order valence-electron chi connectivity index (χ0n) is 16.0. The molecule has 2 aromatic rings. The number of nitrogens with one attached hydrogen (secondary N) is 2. The van der Waals surface area contributed by atoms with Crippen LogP contribution in [0.5, 0.6) is 0 Å². The number of amides is 1. The van der Waals surface area contributed by atoms with Crippen molar-refractivity contribution in [1.82, 2.24) is 19.8 Å². The fourth-order valence-corrected chi connectivity index (χ4v) is 4.18. The van der Waals surface area contributed by atoms with Gasteiger partial charge < -0.3 is 5.32 Å². The zero-order valence-corrected chi connectivity index (χ0v) is 16.8. The van der Waals surface area contributed by atoms with E-state index in [2.05, 4.69) is 15.1 Å². The van der Waals surface area contributed by atoms with Gasteiger partial charge in [0.05, 0.1) is 16.6 Å². The van der Waals surface area contributed by atoms with Crippen LogP contribution in [0.2, 0.25) is 0 Å². The van der Waals surface area contributed by atoms with Gasteiger partial charge in [-0.15, -0.1) is 0 Å². The Morgan fingerprint density at radius 1 is 1.12 bits per heavy atom. The van der Waals surface area contributed by atoms with Gasteiger partial charge >= 0.3 is 0 Å². The summed E-state index contributed by atoms with van der Waals surface area (Å²) in [7, 11) is -1.70. The van der Waals surface area contributed by atoms with E-state index in [1.54, 1.807) is 18.5 Å². The molecule has 0 saturated carbocycles. The second kappa shape index (κ2) is 7.59. The summed E-state index contributed by atoms with van der Waals surface area (Å²) in [5.74, 6) is -0.263. The first-order chi connectivity index (χ1) is 12.0. The lowest BCUT2D eigenvalue weighted by molar-refractivity contribution is 0.0939. The first-order valence-electron chi connectivity index (χ1n) is 8.46. The Balaban J connectivity index is 2.15. The van der Waals surface area contributed by atoms with Gasteiger partial charge in [-0.05, 0) is 58.9 Å². The van der Waals surface area contributed by atoms with Crippen molar-refractivity contribution in [2.24, 2.45) is 7.05 Å². The quantitative estimate of drug-likeness (QED) is 0.806. The molecule has 0 fully saturated rings. The number of nitrogens with zero attached hydrogens (tertiary/aromatic N) is 2. The van der Waals surface area contributed by atoms with E-state index in [-0.39, 0.29) is 22.9 Å². The van der Waals surface area contributed by atoms with E-state index in [9.17, 15) is 13.2 Å². The molecule has 0 aliphatic carbocycles. The molecular weight excluding hydrogens is 352 g/mol. The summed E-state index contributed by atoms with van der Waals surface area (Å²) in [5, 5.41) is 7.31. The van der Waals surface area contributed by atoms with Gasteiger partial charge in [0.2, 0.25) is 10.0 Å². The normalized spacial score (nSPS) is 13.0. The number of hydrogen-bond donors (Lipinski definition) is 2. The van der Waals surface area contributed by atoms with Gasteiger partial charge in [-0.25, -0.2) is 13.1 Å². The van der Waals surface area contributed by atoms with Crippen LogP contribution in [0.25, 0.3) is 0 Å². The number of carbonyl (C=O) groups is 1. The lowest BCUT2D eigenvalue weighted by Crippen LogP contribution is -2.30. The van der Waals surface area contributed by atoms with Gasteiger partial charge in [-0.1, -0.05) is 0 Å². The van der Waals surface area contributed by atoms with E-state index in [4.69, 9.17) is 0 Å². The number of aromatic nitrogens is 2. The molecule has 0 bridgehead atoms. The molecule has 0 unspecified atom stereocenters. The monoisotopic (exact) mass is 378 g/mol. The van der Waals surface area contributed by atoms with Gasteiger partial charge in [0.15, 0.2) is 0 Å². The van der Waals surface area contributed by atoms with Crippen LogP contribution in [-0.4, -0.2) is 30.1 Å². The van der Waals surface area contributed by atoms with Crippen molar-refractivity contribution in [1.29, 1.82) is 0 Å². The highest BCUT2D eigenvalue weighted by Crippen LogP contribution is 2.21. The molecule has 1 aromatic carbocycles. The van der Waals surface area contributed by atoms with Gasteiger partial charge in [-0.2, -0.15) is 5.10 Å². The second-order valence-electron chi connectivity index (χ2n) is 6.70. The second-order valence-corrected chi connectivity index (χ2v) is 8.42. The highest BCUT2D eigenvalue weighted by atomic mass is 32.2. The molecular formula is C18H26N4O3S. The van der Waals surface area contributed by atoms with Crippen molar-refractivity contribution in [2.45, 2.75) is 51.6 Å². The number of rotatable bonds is 6. The minimum Gasteiger partial charge on any atom is -0.345 e. The molecule has 1 atom stereocenters. The molecule has 26 heavy (non-hydrogen) atoms. The Labute approximate surface area is 154 Å². The van der Waals surface area contributed by atoms with Crippen molar-refractivity contribution in [3.63, 3.8) is 0 Å². The summed E-state index contributed by atoms with van der Waals surface area (Å²) in [6, 6.07) is 5.49. The Morgan fingerprint density at radius 2 is 1.69 bits per heavy atom. The smallest absolute Gasteiger partial charge is 0.251 e. The van der Waals surface area contributed by atoms with E-state index in [0.717, 1.165) is 17.0 Å². The van der Waals surface area contributed by atoms with Crippen molar-refractivity contribution in [2.75, 3.05) is 0 Å². The van der Waals surface area contributed by atoms with Crippen LogP contribution in [-0.2, 0) is 17.1 Å². The largest absolute Gasteiger partial charge is 0.345 e. The average molecular weight is 378 g/mol. The van der Waals surface area contributed by atoms with Gasteiger partial charge in [0.1, 0.15) is 0 Å². The minimum absolute atomic E-state index is 0.134. The van der Waals surface area contributed by atoms with E-state index in [0.29, 0.717) is 5.56 Å².